The first kappa shape index (κ1) is 24.1. The molecule has 0 aliphatic heterocycles. The van der Waals surface area contributed by atoms with Gasteiger partial charge in [-0.2, -0.15) is 0 Å². The van der Waals surface area contributed by atoms with Crippen LogP contribution in [0.25, 0.3) is 0 Å². The number of ether oxygens (including phenoxy) is 1. The van der Waals surface area contributed by atoms with Crippen molar-refractivity contribution in [1.82, 2.24) is 15.8 Å². The van der Waals surface area contributed by atoms with Crippen LogP contribution in [0, 0.1) is 0 Å². The molecule has 0 spiro atoms. The lowest BCUT2D eigenvalue weighted by atomic mass is 9.99. The first-order chi connectivity index (χ1) is 13.1. The number of halogens is 1. The topological polar surface area (TPSA) is 91.9 Å². The molecule has 0 unspecified atom stereocenters. The first-order valence-electron chi connectivity index (χ1n) is 9.44. The van der Waals surface area contributed by atoms with Crippen molar-refractivity contribution in [2.24, 2.45) is 4.99 Å². The molecule has 0 amide bonds. The lowest BCUT2D eigenvalue weighted by molar-refractivity contribution is 0.368. The second-order valence-electron chi connectivity index (χ2n) is 6.27. The molecule has 7 nitrogen and oxygen atoms in total. The van der Waals surface area contributed by atoms with Crippen molar-refractivity contribution in [3.63, 3.8) is 0 Å². The summed E-state index contributed by atoms with van der Waals surface area (Å²) < 4.78 is 10.6. The third kappa shape index (κ3) is 6.88. The number of phenolic OH excluding ortho intramolecular Hbond substituents is 1. The smallest absolute Gasteiger partial charge is 0.191 e. The van der Waals surface area contributed by atoms with Crippen molar-refractivity contribution in [3.05, 3.63) is 41.3 Å². The molecule has 0 saturated heterocycles. The molecule has 0 fully saturated rings. The van der Waals surface area contributed by atoms with Crippen molar-refractivity contribution in [2.75, 3.05) is 13.7 Å². The van der Waals surface area contributed by atoms with E-state index in [0.717, 1.165) is 30.8 Å². The molecule has 0 bridgehead atoms. The Hall–Kier alpha value is -1.97. The molecule has 0 saturated carbocycles. The summed E-state index contributed by atoms with van der Waals surface area (Å²) in [7, 11) is 1.60. The SMILES string of the molecule is CCNC(=NCc1cc(OC)ccc1O)NCc1cc(C(CC)CC)no1.I. The quantitative estimate of drug-likeness (QED) is 0.271. The van der Waals surface area contributed by atoms with E-state index in [1.54, 1.807) is 25.3 Å². The predicted octanol–water partition coefficient (Wildman–Crippen LogP) is 4.17. The van der Waals surface area contributed by atoms with E-state index in [2.05, 4.69) is 34.6 Å². The number of phenols is 1. The summed E-state index contributed by atoms with van der Waals surface area (Å²) >= 11 is 0. The predicted molar refractivity (Wildman–Crippen MR) is 122 cm³/mol. The molecule has 0 atom stereocenters. The summed E-state index contributed by atoms with van der Waals surface area (Å²) in [6.07, 6.45) is 2.09. The normalized spacial score (nSPS) is 11.2. The minimum absolute atomic E-state index is 0. The van der Waals surface area contributed by atoms with Gasteiger partial charge >= 0.3 is 0 Å². The Morgan fingerprint density at radius 2 is 1.96 bits per heavy atom. The molecular formula is C20H31IN4O3. The second kappa shape index (κ2) is 12.5. The molecule has 2 rings (SSSR count). The van der Waals surface area contributed by atoms with Gasteiger partial charge in [0.15, 0.2) is 11.7 Å². The Balaban J connectivity index is 0.00000392. The van der Waals surface area contributed by atoms with Crippen LogP contribution in [0.5, 0.6) is 11.5 Å². The molecular weight excluding hydrogens is 471 g/mol. The fourth-order valence-electron chi connectivity index (χ4n) is 2.80. The minimum atomic E-state index is 0. The maximum atomic E-state index is 9.99. The summed E-state index contributed by atoms with van der Waals surface area (Å²) in [6, 6.07) is 7.11. The van der Waals surface area contributed by atoms with E-state index in [9.17, 15) is 5.11 Å². The number of rotatable bonds is 9. The van der Waals surface area contributed by atoms with Crippen molar-refractivity contribution < 1.29 is 14.4 Å². The van der Waals surface area contributed by atoms with Crippen LogP contribution >= 0.6 is 24.0 Å². The van der Waals surface area contributed by atoms with Crippen LogP contribution in [0.2, 0.25) is 0 Å². The molecule has 8 heteroatoms. The van der Waals surface area contributed by atoms with Gasteiger partial charge in [-0.1, -0.05) is 19.0 Å². The van der Waals surface area contributed by atoms with Crippen molar-refractivity contribution >= 4 is 29.9 Å². The summed E-state index contributed by atoms with van der Waals surface area (Å²) in [5.41, 5.74) is 1.70. The van der Waals surface area contributed by atoms with Gasteiger partial charge < -0.3 is 25.0 Å². The molecule has 0 aliphatic rings. The number of methoxy groups -OCH3 is 1. The summed E-state index contributed by atoms with van der Waals surface area (Å²) in [5.74, 6) is 2.72. The minimum Gasteiger partial charge on any atom is -0.508 e. The maximum Gasteiger partial charge on any atom is 0.191 e. The zero-order chi connectivity index (χ0) is 19.6. The third-order valence-electron chi connectivity index (χ3n) is 4.45. The van der Waals surface area contributed by atoms with Crippen molar-refractivity contribution in [2.45, 2.75) is 52.6 Å². The van der Waals surface area contributed by atoms with Gasteiger partial charge in [0.1, 0.15) is 11.5 Å². The summed E-state index contributed by atoms with van der Waals surface area (Å²) in [5, 5.41) is 20.6. The number of hydrogen-bond donors (Lipinski definition) is 3. The summed E-state index contributed by atoms with van der Waals surface area (Å²) in [4.78, 5) is 4.53. The van der Waals surface area contributed by atoms with Crippen LogP contribution < -0.4 is 15.4 Å². The average Bonchev–Trinajstić information content (AvgIpc) is 3.15. The number of guanidine groups is 1. The number of benzene rings is 1. The average molecular weight is 502 g/mol. The lowest BCUT2D eigenvalue weighted by Gasteiger charge is -2.11. The van der Waals surface area contributed by atoms with E-state index in [-0.39, 0.29) is 29.7 Å². The second-order valence-corrected chi connectivity index (χ2v) is 6.27. The van der Waals surface area contributed by atoms with Crippen LogP contribution in [-0.2, 0) is 13.1 Å². The largest absolute Gasteiger partial charge is 0.508 e. The number of aromatic nitrogens is 1. The van der Waals surface area contributed by atoms with Gasteiger partial charge in [-0.15, -0.1) is 24.0 Å². The van der Waals surface area contributed by atoms with Crippen LogP contribution in [-0.4, -0.2) is 29.9 Å². The molecule has 1 heterocycles. The fraction of sp³-hybridized carbons (Fsp3) is 0.500. The van der Waals surface area contributed by atoms with Crippen LogP contribution in [0.4, 0.5) is 0 Å². The lowest BCUT2D eigenvalue weighted by Crippen LogP contribution is -2.36. The Bertz CT molecular complexity index is 745. The monoisotopic (exact) mass is 502 g/mol. The highest BCUT2D eigenvalue weighted by Gasteiger charge is 2.13. The third-order valence-corrected chi connectivity index (χ3v) is 4.45. The van der Waals surface area contributed by atoms with Gasteiger partial charge in [0.2, 0.25) is 0 Å². The standard InChI is InChI=1S/C20H30N4O3.HI/c1-5-14(6-2)18-11-17(27-24-18)13-23-20(21-7-3)22-12-15-10-16(26-4)8-9-19(15)25;/h8-11,14,25H,5-7,12-13H2,1-4H3,(H2,21,22,23);1H. The van der Waals surface area contributed by atoms with Crippen LogP contribution in [0.1, 0.15) is 56.5 Å². The zero-order valence-electron chi connectivity index (χ0n) is 17.0. The van der Waals surface area contributed by atoms with Crippen molar-refractivity contribution in [1.29, 1.82) is 0 Å². The number of nitrogens with one attached hydrogen (secondary N) is 2. The maximum absolute atomic E-state index is 9.99. The molecule has 3 N–H and O–H groups in total. The fourth-order valence-corrected chi connectivity index (χ4v) is 2.80. The van der Waals surface area contributed by atoms with E-state index in [0.29, 0.717) is 36.3 Å². The van der Waals surface area contributed by atoms with E-state index >= 15 is 0 Å². The van der Waals surface area contributed by atoms with Gasteiger partial charge in [-0.25, -0.2) is 4.99 Å². The van der Waals surface area contributed by atoms with Crippen LogP contribution in [0.3, 0.4) is 0 Å². The Morgan fingerprint density at radius 3 is 2.61 bits per heavy atom. The molecule has 0 aliphatic carbocycles. The molecule has 28 heavy (non-hydrogen) atoms. The molecule has 1 aromatic heterocycles. The number of aromatic hydroxyl groups is 1. The van der Waals surface area contributed by atoms with E-state index < -0.39 is 0 Å². The van der Waals surface area contributed by atoms with Gasteiger partial charge in [0.05, 0.1) is 25.9 Å². The first-order valence-corrected chi connectivity index (χ1v) is 9.44. The Morgan fingerprint density at radius 1 is 1.21 bits per heavy atom. The van der Waals surface area contributed by atoms with E-state index in [4.69, 9.17) is 9.26 Å². The van der Waals surface area contributed by atoms with Crippen molar-refractivity contribution in [3.8, 4) is 11.5 Å². The molecule has 2 aromatic rings. The van der Waals surface area contributed by atoms with Gasteiger partial charge in [0, 0.05) is 24.1 Å². The highest BCUT2D eigenvalue weighted by atomic mass is 127. The van der Waals surface area contributed by atoms with Crippen LogP contribution in [0.15, 0.2) is 33.8 Å². The highest BCUT2D eigenvalue weighted by Crippen LogP contribution is 2.24. The summed E-state index contributed by atoms with van der Waals surface area (Å²) in [6.45, 7) is 7.86. The van der Waals surface area contributed by atoms with Gasteiger partial charge in [-0.05, 0) is 38.0 Å². The Labute approximate surface area is 184 Å². The van der Waals surface area contributed by atoms with E-state index in [1.807, 2.05) is 13.0 Å². The highest BCUT2D eigenvalue weighted by molar-refractivity contribution is 14.0. The van der Waals surface area contributed by atoms with Gasteiger partial charge in [-0.3, -0.25) is 0 Å². The molecule has 0 radical (unpaired) electrons. The number of hydrogen-bond acceptors (Lipinski definition) is 5. The zero-order valence-corrected chi connectivity index (χ0v) is 19.3. The number of aliphatic imine (C=N–C) groups is 1. The molecule has 1 aromatic carbocycles. The Kier molecular flexibility index (Phi) is 10.7. The van der Waals surface area contributed by atoms with E-state index in [1.165, 1.54) is 0 Å². The molecule has 156 valence electrons. The number of nitrogens with zero attached hydrogens (tertiary/aromatic N) is 2. The van der Waals surface area contributed by atoms with Gasteiger partial charge in [0.25, 0.3) is 0 Å².